The highest BCUT2D eigenvalue weighted by molar-refractivity contribution is 6.28. The minimum atomic E-state index is -0.505. The van der Waals surface area contributed by atoms with Crippen molar-refractivity contribution in [3.05, 3.63) is 21.6 Å². The Labute approximate surface area is 105 Å². The molecule has 0 aromatic carbocycles. The lowest BCUT2D eigenvalue weighted by Gasteiger charge is -2.28. The molecule has 1 aromatic heterocycles. The van der Waals surface area contributed by atoms with Gasteiger partial charge in [0.2, 0.25) is 11.1 Å². The first kappa shape index (κ1) is 13.6. The summed E-state index contributed by atoms with van der Waals surface area (Å²) >= 11 is 5.68. The summed E-state index contributed by atoms with van der Waals surface area (Å²) in [4.78, 5) is 19.7. The SMILES string of the molecule is CC(C)C(C)N(C)c1nc(Cl)ncc1[N+](=O)[O-]. The van der Waals surface area contributed by atoms with E-state index in [1.54, 1.807) is 11.9 Å². The number of rotatable bonds is 4. The number of nitrogens with zero attached hydrogens (tertiary/aromatic N) is 4. The number of anilines is 1. The molecule has 17 heavy (non-hydrogen) atoms. The molecule has 94 valence electrons. The van der Waals surface area contributed by atoms with Crippen molar-refractivity contribution < 1.29 is 4.92 Å². The van der Waals surface area contributed by atoms with Crippen LogP contribution in [0.25, 0.3) is 0 Å². The third kappa shape index (κ3) is 3.03. The number of halogens is 1. The van der Waals surface area contributed by atoms with Crippen LogP contribution in [0.2, 0.25) is 5.28 Å². The molecule has 0 aliphatic heterocycles. The highest BCUT2D eigenvalue weighted by Gasteiger charge is 2.24. The highest BCUT2D eigenvalue weighted by atomic mass is 35.5. The lowest BCUT2D eigenvalue weighted by Crippen LogP contribution is -2.34. The predicted molar refractivity (Wildman–Crippen MR) is 66.4 cm³/mol. The van der Waals surface area contributed by atoms with Crippen LogP contribution >= 0.6 is 11.6 Å². The summed E-state index contributed by atoms with van der Waals surface area (Å²) in [5.41, 5.74) is -0.135. The number of hydrogen-bond acceptors (Lipinski definition) is 5. The van der Waals surface area contributed by atoms with E-state index in [9.17, 15) is 10.1 Å². The van der Waals surface area contributed by atoms with Crippen LogP contribution in [-0.4, -0.2) is 28.0 Å². The fourth-order valence-corrected chi connectivity index (χ4v) is 1.50. The van der Waals surface area contributed by atoms with E-state index < -0.39 is 4.92 Å². The molecule has 0 aliphatic carbocycles. The minimum Gasteiger partial charge on any atom is -0.351 e. The van der Waals surface area contributed by atoms with Gasteiger partial charge in [0.15, 0.2) is 0 Å². The van der Waals surface area contributed by atoms with E-state index in [-0.39, 0.29) is 22.8 Å². The fourth-order valence-electron chi connectivity index (χ4n) is 1.37. The number of hydrogen-bond donors (Lipinski definition) is 0. The first-order valence-corrected chi connectivity index (χ1v) is 5.62. The maximum atomic E-state index is 10.9. The van der Waals surface area contributed by atoms with Crippen molar-refractivity contribution in [2.24, 2.45) is 5.92 Å². The van der Waals surface area contributed by atoms with E-state index in [4.69, 9.17) is 11.6 Å². The van der Waals surface area contributed by atoms with Gasteiger partial charge in [0.25, 0.3) is 0 Å². The maximum Gasteiger partial charge on any atom is 0.329 e. The van der Waals surface area contributed by atoms with Crippen molar-refractivity contribution in [3.8, 4) is 0 Å². The molecule has 1 aromatic rings. The lowest BCUT2D eigenvalue weighted by atomic mass is 10.1. The van der Waals surface area contributed by atoms with Gasteiger partial charge in [-0.3, -0.25) is 10.1 Å². The van der Waals surface area contributed by atoms with Crippen molar-refractivity contribution in [2.45, 2.75) is 26.8 Å². The summed E-state index contributed by atoms with van der Waals surface area (Å²) in [6, 6.07) is 0.111. The van der Waals surface area contributed by atoms with Gasteiger partial charge >= 0.3 is 5.69 Å². The summed E-state index contributed by atoms with van der Waals surface area (Å²) in [7, 11) is 1.76. The topological polar surface area (TPSA) is 72.2 Å². The Balaban J connectivity index is 3.19. The van der Waals surface area contributed by atoms with Gasteiger partial charge in [-0.15, -0.1) is 0 Å². The lowest BCUT2D eigenvalue weighted by molar-refractivity contribution is -0.384. The molecule has 0 fully saturated rings. The summed E-state index contributed by atoms with van der Waals surface area (Å²) in [5.74, 6) is 0.588. The second-order valence-electron chi connectivity index (χ2n) is 4.20. The average molecular weight is 259 g/mol. The van der Waals surface area contributed by atoms with Gasteiger partial charge in [0, 0.05) is 13.1 Å². The molecule has 1 unspecified atom stereocenters. The van der Waals surface area contributed by atoms with E-state index >= 15 is 0 Å². The minimum absolute atomic E-state index is 0.00778. The summed E-state index contributed by atoms with van der Waals surface area (Å²) in [5, 5.41) is 10.9. The van der Waals surface area contributed by atoms with E-state index in [2.05, 4.69) is 9.97 Å². The Kier molecular flexibility index (Phi) is 4.22. The normalized spacial score (nSPS) is 12.6. The Morgan fingerprint density at radius 1 is 1.47 bits per heavy atom. The van der Waals surface area contributed by atoms with E-state index in [0.29, 0.717) is 5.92 Å². The van der Waals surface area contributed by atoms with Gasteiger partial charge in [-0.05, 0) is 24.4 Å². The van der Waals surface area contributed by atoms with Crippen LogP contribution in [-0.2, 0) is 0 Å². The standard InChI is InChI=1S/C10H15ClN4O2/c1-6(2)7(3)14(4)9-8(15(16)17)5-12-10(11)13-9/h5-7H,1-4H3. The molecule has 0 saturated carbocycles. The van der Waals surface area contributed by atoms with Gasteiger partial charge in [-0.2, -0.15) is 4.98 Å². The zero-order valence-corrected chi connectivity index (χ0v) is 11.0. The molecule has 0 saturated heterocycles. The van der Waals surface area contributed by atoms with Crippen LogP contribution in [0, 0.1) is 16.0 Å². The molecule has 1 atom stereocenters. The molecule has 7 heteroatoms. The third-order valence-corrected chi connectivity index (χ3v) is 3.01. The van der Waals surface area contributed by atoms with Crippen LogP contribution in [0.1, 0.15) is 20.8 Å². The van der Waals surface area contributed by atoms with Crippen LogP contribution in [0.4, 0.5) is 11.5 Å². The molecule has 1 heterocycles. The summed E-state index contributed by atoms with van der Waals surface area (Å²) in [6.45, 7) is 6.05. The third-order valence-electron chi connectivity index (χ3n) is 2.83. The van der Waals surface area contributed by atoms with Crippen LogP contribution in [0.5, 0.6) is 0 Å². The first-order valence-electron chi connectivity index (χ1n) is 5.24. The van der Waals surface area contributed by atoms with Gasteiger partial charge in [-0.25, -0.2) is 4.98 Å². The van der Waals surface area contributed by atoms with E-state index in [0.717, 1.165) is 6.20 Å². The molecule has 1 rings (SSSR count). The average Bonchev–Trinajstić information content (AvgIpc) is 2.26. The second-order valence-corrected chi connectivity index (χ2v) is 4.54. The van der Waals surface area contributed by atoms with Crippen LogP contribution in [0.3, 0.4) is 0 Å². The maximum absolute atomic E-state index is 10.9. The fraction of sp³-hybridized carbons (Fsp3) is 0.600. The Morgan fingerprint density at radius 3 is 2.53 bits per heavy atom. The zero-order chi connectivity index (χ0) is 13.2. The molecule has 0 radical (unpaired) electrons. The zero-order valence-electron chi connectivity index (χ0n) is 10.2. The van der Waals surface area contributed by atoms with Crippen LogP contribution < -0.4 is 4.90 Å². The molecule has 0 amide bonds. The molecule has 6 nitrogen and oxygen atoms in total. The first-order chi connectivity index (χ1) is 7.84. The molecule has 0 bridgehead atoms. The second kappa shape index (κ2) is 5.27. The van der Waals surface area contributed by atoms with Gasteiger partial charge < -0.3 is 4.90 Å². The van der Waals surface area contributed by atoms with E-state index in [1.807, 2.05) is 20.8 Å². The smallest absolute Gasteiger partial charge is 0.329 e. The van der Waals surface area contributed by atoms with Crippen LogP contribution in [0.15, 0.2) is 6.20 Å². The van der Waals surface area contributed by atoms with Crippen molar-refractivity contribution in [1.82, 2.24) is 9.97 Å². The monoisotopic (exact) mass is 258 g/mol. The Morgan fingerprint density at radius 2 is 2.06 bits per heavy atom. The summed E-state index contributed by atoms with van der Waals surface area (Å²) in [6.07, 6.45) is 1.13. The molecule has 0 aliphatic rings. The number of aromatic nitrogens is 2. The van der Waals surface area contributed by atoms with Gasteiger partial charge in [0.05, 0.1) is 4.92 Å². The van der Waals surface area contributed by atoms with Crippen molar-refractivity contribution in [2.75, 3.05) is 11.9 Å². The molecular weight excluding hydrogens is 244 g/mol. The van der Waals surface area contributed by atoms with Crippen molar-refractivity contribution in [1.29, 1.82) is 0 Å². The van der Waals surface area contributed by atoms with Crippen molar-refractivity contribution in [3.63, 3.8) is 0 Å². The Hall–Kier alpha value is -1.43. The largest absolute Gasteiger partial charge is 0.351 e. The van der Waals surface area contributed by atoms with Gasteiger partial charge in [-0.1, -0.05) is 13.8 Å². The number of nitro groups is 1. The van der Waals surface area contributed by atoms with E-state index in [1.165, 1.54) is 0 Å². The molecular formula is C10H15ClN4O2. The highest BCUT2D eigenvalue weighted by Crippen LogP contribution is 2.27. The summed E-state index contributed by atoms with van der Waals surface area (Å²) < 4.78 is 0. The molecule has 0 N–H and O–H groups in total. The molecule has 0 spiro atoms. The Bertz CT molecular complexity index is 425. The van der Waals surface area contributed by atoms with Gasteiger partial charge in [0.1, 0.15) is 6.20 Å². The quantitative estimate of drug-likeness (QED) is 0.471. The predicted octanol–water partition coefficient (Wildman–Crippen LogP) is 2.52. The van der Waals surface area contributed by atoms with Crippen molar-refractivity contribution >= 4 is 23.1 Å².